The van der Waals surface area contributed by atoms with Gasteiger partial charge in [0, 0.05) is 38.3 Å². The van der Waals surface area contributed by atoms with Crippen molar-refractivity contribution >= 4 is 21.4 Å². The van der Waals surface area contributed by atoms with Gasteiger partial charge in [0.15, 0.2) is 0 Å². The van der Waals surface area contributed by atoms with Crippen LogP contribution in [0.5, 0.6) is 0 Å². The maximum atomic E-state index is 12.5. The fraction of sp³-hybridized carbons (Fsp3) is 0.500. The zero-order valence-corrected chi connectivity index (χ0v) is 12.5. The number of hydrogen-bond donors (Lipinski definition) is 1. The van der Waals surface area contributed by atoms with Crippen LogP contribution in [0.3, 0.4) is 0 Å². The lowest BCUT2D eigenvalue weighted by atomic mass is 10.3. The molecule has 21 heavy (non-hydrogen) atoms. The normalized spacial score (nSPS) is 17.8. The van der Waals surface area contributed by atoms with E-state index in [9.17, 15) is 18.5 Å². The lowest BCUT2D eigenvalue weighted by molar-refractivity contribution is -0.384. The highest BCUT2D eigenvalue weighted by atomic mass is 32.2. The molecule has 1 aliphatic heterocycles. The molecule has 0 aromatic heterocycles. The van der Waals surface area contributed by atoms with Crippen molar-refractivity contribution in [3.05, 3.63) is 28.3 Å². The van der Waals surface area contributed by atoms with Crippen LogP contribution in [0.2, 0.25) is 0 Å². The van der Waals surface area contributed by atoms with Gasteiger partial charge in [0.1, 0.15) is 4.90 Å². The zero-order chi connectivity index (χ0) is 15.6. The molecule has 0 spiro atoms. The lowest BCUT2D eigenvalue weighted by Crippen LogP contribution is -2.48. The van der Waals surface area contributed by atoms with Crippen LogP contribution in [0.15, 0.2) is 23.1 Å². The summed E-state index contributed by atoms with van der Waals surface area (Å²) in [4.78, 5) is 12.2. The van der Waals surface area contributed by atoms with Crippen molar-refractivity contribution in [2.24, 2.45) is 0 Å². The second-order valence-corrected chi connectivity index (χ2v) is 6.72. The number of non-ortho nitro benzene ring substituents is 1. The maximum Gasteiger partial charge on any atom is 0.271 e. The van der Waals surface area contributed by atoms with E-state index in [0.29, 0.717) is 26.2 Å². The van der Waals surface area contributed by atoms with Gasteiger partial charge in [-0.25, -0.2) is 8.42 Å². The van der Waals surface area contributed by atoms with Crippen molar-refractivity contribution in [3.8, 4) is 0 Å². The quantitative estimate of drug-likeness (QED) is 0.492. The number of nitrogen functional groups attached to an aromatic ring is 1. The second kappa shape index (κ2) is 5.96. The van der Waals surface area contributed by atoms with E-state index in [4.69, 9.17) is 5.73 Å². The van der Waals surface area contributed by atoms with Crippen LogP contribution >= 0.6 is 0 Å². The molecule has 0 atom stereocenters. The summed E-state index contributed by atoms with van der Waals surface area (Å²) in [5.41, 5.74) is 5.37. The Morgan fingerprint density at radius 1 is 1.29 bits per heavy atom. The van der Waals surface area contributed by atoms with Gasteiger partial charge in [-0.1, -0.05) is 6.92 Å². The number of nitro groups is 1. The van der Waals surface area contributed by atoms with Crippen molar-refractivity contribution in [1.29, 1.82) is 0 Å². The monoisotopic (exact) mass is 314 g/mol. The van der Waals surface area contributed by atoms with Gasteiger partial charge >= 0.3 is 0 Å². The fourth-order valence-corrected chi connectivity index (χ4v) is 3.83. The van der Waals surface area contributed by atoms with E-state index in [2.05, 4.69) is 4.90 Å². The number of sulfonamides is 1. The number of rotatable bonds is 4. The minimum atomic E-state index is -3.71. The molecule has 0 amide bonds. The van der Waals surface area contributed by atoms with Crippen LogP contribution in [0.25, 0.3) is 0 Å². The van der Waals surface area contributed by atoms with Gasteiger partial charge in [-0.15, -0.1) is 0 Å². The van der Waals surface area contributed by atoms with Crippen molar-refractivity contribution in [1.82, 2.24) is 9.21 Å². The molecule has 0 radical (unpaired) electrons. The molecule has 2 rings (SSSR count). The minimum Gasteiger partial charge on any atom is -0.397 e. The molecular weight excluding hydrogens is 296 g/mol. The molecule has 9 heteroatoms. The summed E-state index contributed by atoms with van der Waals surface area (Å²) in [6, 6.07) is 3.44. The molecule has 1 aromatic carbocycles. The Hall–Kier alpha value is -1.71. The highest BCUT2D eigenvalue weighted by molar-refractivity contribution is 7.89. The molecule has 1 fully saturated rings. The molecule has 0 aliphatic carbocycles. The first-order valence-electron chi connectivity index (χ1n) is 6.62. The smallest absolute Gasteiger partial charge is 0.271 e. The average molecular weight is 314 g/mol. The molecule has 8 nitrogen and oxygen atoms in total. The number of piperazine rings is 1. The minimum absolute atomic E-state index is 0.0713. The highest BCUT2D eigenvalue weighted by Crippen LogP contribution is 2.27. The summed E-state index contributed by atoms with van der Waals surface area (Å²) in [5.74, 6) is 0. The first-order valence-corrected chi connectivity index (χ1v) is 8.06. The van der Waals surface area contributed by atoms with Crippen LogP contribution in [-0.2, 0) is 10.0 Å². The van der Waals surface area contributed by atoms with E-state index in [-0.39, 0.29) is 16.3 Å². The van der Waals surface area contributed by atoms with Crippen molar-refractivity contribution in [3.63, 3.8) is 0 Å². The molecule has 2 N–H and O–H groups in total. The number of benzene rings is 1. The summed E-state index contributed by atoms with van der Waals surface area (Å²) in [6.45, 7) is 5.04. The molecule has 1 aromatic rings. The predicted octanol–water partition coefficient (Wildman–Crippen LogP) is 0.503. The number of nitrogens with two attached hydrogens (primary N) is 1. The number of nitro benzene ring substituents is 1. The number of hydrogen-bond acceptors (Lipinski definition) is 6. The molecule has 0 unspecified atom stereocenters. The lowest BCUT2D eigenvalue weighted by Gasteiger charge is -2.33. The molecule has 0 bridgehead atoms. The SMILES string of the molecule is CCN1CCN(S(=O)(=O)c2ccc([N+](=O)[O-])cc2N)CC1. The van der Waals surface area contributed by atoms with Gasteiger partial charge in [-0.05, 0) is 12.6 Å². The Bertz CT molecular complexity index is 639. The van der Waals surface area contributed by atoms with Crippen LogP contribution in [0.1, 0.15) is 6.92 Å². The molecule has 1 aliphatic rings. The van der Waals surface area contributed by atoms with Gasteiger partial charge < -0.3 is 10.6 Å². The summed E-state index contributed by atoms with van der Waals surface area (Å²) < 4.78 is 26.5. The Kier molecular flexibility index (Phi) is 4.45. The van der Waals surface area contributed by atoms with Crippen LogP contribution in [0.4, 0.5) is 11.4 Å². The highest BCUT2D eigenvalue weighted by Gasteiger charge is 2.30. The number of likely N-dealkylation sites (N-methyl/N-ethyl adjacent to an activating group) is 1. The van der Waals surface area contributed by atoms with Gasteiger partial charge in [0.05, 0.1) is 10.6 Å². The molecule has 1 saturated heterocycles. The van der Waals surface area contributed by atoms with Crippen LogP contribution in [0, 0.1) is 10.1 Å². The largest absolute Gasteiger partial charge is 0.397 e. The molecule has 1 heterocycles. The van der Waals surface area contributed by atoms with Crippen molar-refractivity contribution < 1.29 is 13.3 Å². The molecule has 0 saturated carbocycles. The average Bonchev–Trinajstić information content (AvgIpc) is 2.46. The Morgan fingerprint density at radius 3 is 2.38 bits per heavy atom. The topological polar surface area (TPSA) is 110 Å². The Labute approximate surface area is 123 Å². The molecule has 116 valence electrons. The third kappa shape index (κ3) is 3.14. The van der Waals surface area contributed by atoms with E-state index in [1.165, 1.54) is 10.4 Å². The standard InChI is InChI=1S/C12H18N4O4S/c1-2-14-5-7-15(8-6-14)21(19,20)12-4-3-10(16(17)18)9-11(12)13/h3-4,9H,2,5-8,13H2,1H3. The number of anilines is 1. The zero-order valence-electron chi connectivity index (χ0n) is 11.7. The van der Waals surface area contributed by atoms with Crippen LogP contribution in [-0.4, -0.2) is 55.3 Å². The maximum absolute atomic E-state index is 12.5. The first kappa shape index (κ1) is 15.7. The third-order valence-corrected chi connectivity index (χ3v) is 5.57. The van der Waals surface area contributed by atoms with Crippen molar-refractivity contribution in [2.45, 2.75) is 11.8 Å². The Balaban J connectivity index is 2.26. The van der Waals surface area contributed by atoms with Gasteiger partial charge in [-0.2, -0.15) is 4.31 Å². The van der Waals surface area contributed by atoms with Crippen LogP contribution < -0.4 is 5.73 Å². The van der Waals surface area contributed by atoms with Gasteiger partial charge in [0.25, 0.3) is 5.69 Å². The van der Waals surface area contributed by atoms with E-state index in [0.717, 1.165) is 18.7 Å². The predicted molar refractivity (Wildman–Crippen MR) is 78.4 cm³/mol. The summed E-state index contributed by atoms with van der Waals surface area (Å²) in [5, 5.41) is 10.7. The third-order valence-electron chi connectivity index (χ3n) is 3.60. The molecular formula is C12H18N4O4S. The van der Waals surface area contributed by atoms with E-state index >= 15 is 0 Å². The van der Waals surface area contributed by atoms with Gasteiger partial charge in [0.2, 0.25) is 10.0 Å². The fourth-order valence-electron chi connectivity index (χ4n) is 2.31. The van der Waals surface area contributed by atoms with Gasteiger partial charge in [-0.3, -0.25) is 10.1 Å². The Morgan fingerprint density at radius 2 is 1.90 bits per heavy atom. The van der Waals surface area contributed by atoms with Crippen molar-refractivity contribution in [2.75, 3.05) is 38.5 Å². The summed E-state index contributed by atoms with van der Waals surface area (Å²) >= 11 is 0. The summed E-state index contributed by atoms with van der Waals surface area (Å²) in [6.07, 6.45) is 0. The van der Waals surface area contributed by atoms with E-state index in [1.807, 2.05) is 6.92 Å². The summed E-state index contributed by atoms with van der Waals surface area (Å²) in [7, 11) is -3.71. The number of nitrogens with zero attached hydrogens (tertiary/aromatic N) is 3. The van der Waals surface area contributed by atoms with E-state index < -0.39 is 14.9 Å². The van der Waals surface area contributed by atoms with E-state index in [1.54, 1.807) is 0 Å². The first-order chi connectivity index (χ1) is 9.86. The second-order valence-electron chi connectivity index (χ2n) is 4.82.